The van der Waals surface area contributed by atoms with Gasteiger partial charge in [-0.1, -0.05) is 32.9 Å². The van der Waals surface area contributed by atoms with Crippen molar-refractivity contribution in [1.29, 1.82) is 10.5 Å². The number of likely N-dealkylation sites (N-methyl/N-ethyl adjacent to an activating group) is 1. The average Bonchev–Trinajstić information content (AvgIpc) is 1.59. The van der Waals surface area contributed by atoms with Gasteiger partial charge in [-0.05, 0) is 120 Å². The van der Waals surface area contributed by atoms with Gasteiger partial charge in [0.05, 0.1) is 76.1 Å². The van der Waals surface area contributed by atoms with E-state index >= 15 is 0 Å². The molecule has 4 aliphatic rings. The lowest BCUT2D eigenvalue weighted by molar-refractivity contribution is 0.0252. The highest BCUT2D eigenvalue weighted by molar-refractivity contribution is 6.74. The number of amides is 2. The Hall–Kier alpha value is -8.70. The van der Waals surface area contributed by atoms with Crippen LogP contribution in [0.25, 0.3) is 67.4 Å². The van der Waals surface area contributed by atoms with Gasteiger partial charge >= 0.3 is 0 Å². The molecule has 2 saturated heterocycles. The van der Waals surface area contributed by atoms with Crippen molar-refractivity contribution in [3.8, 4) is 80.3 Å². The summed E-state index contributed by atoms with van der Waals surface area (Å²) in [5, 5.41) is 31.3. The molecule has 2 unspecified atom stereocenters. The number of hydrogen-bond donors (Lipinski definition) is 1. The fourth-order valence-corrected chi connectivity index (χ4v) is 13.2. The minimum absolute atomic E-state index is 0.00315. The highest BCUT2D eigenvalue weighted by Gasteiger charge is 2.42. The van der Waals surface area contributed by atoms with E-state index in [-0.39, 0.29) is 59.6 Å². The monoisotopic (exact) mass is 1260 g/mol. The number of carbonyl (C=O) groups excluding carboxylic acids is 2. The van der Waals surface area contributed by atoms with Crippen LogP contribution < -0.4 is 18.9 Å². The number of benzene rings is 2. The number of fused-ring (bicyclic) bond motifs is 2. The molecular weight excluding hydrogens is 1180 g/mol. The molecule has 2 amide bonds. The standard InChI is InChI=1S/C71H78N8O12Si/c1-71(2,3)92(7,8)87-28-22-78(4)69(81)48-32-59(83-5)65(76-38-48)62-35-56-68(91-62)64(45-12-14-58(47(30-45)37-73)89-51-18-26-86-27-19-51)54(41-75-56)52-31-43(52)15-20-79(21-23-80)70(82)49-33-60(84-6)66(77-39-49)61-34-55-67(90-61)63(53(40-74-55)42-9-10-42)44-11-13-57(46(29-44)36-72)88-50-16-24-85-25-17-50/h11-14,29-30,32-35,38-43,50-52,80H,9-10,15-28,31H2,1-8H3. The van der Waals surface area contributed by atoms with Crippen molar-refractivity contribution in [3.05, 3.63) is 119 Å². The molecule has 2 aromatic carbocycles. The molecule has 2 saturated carbocycles. The number of pyridine rings is 4. The largest absolute Gasteiger partial charge is 0.494 e. The fraction of sp³-hybridized carbons (Fsp3) is 0.437. The first-order chi connectivity index (χ1) is 44.5. The second-order valence-electron chi connectivity index (χ2n) is 25.9. The predicted octanol–water partition coefficient (Wildman–Crippen LogP) is 12.9. The molecule has 1 N–H and O–H groups in total. The average molecular weight is 1260 g/mol. The van der Waals surface area contributed by atoms with Crippen LogP contribution in [0.4, 0.5) is 0 Å². The first-order valence-corrected chi connectivity index (χ1v) is 34.7. The van der Waals surface area contributed by atoms with E-state index in [2.05, 4.69) is 46.0 Å². The van der Waals surface area contributed by atoms with E-state index in [4.69, 9.17) is 61.6 Å². The molecule has 2 aliphatic heterocycles. The van der Waals surface area contributed by atoms with Crippen LogP contribution in [0.5, 0.6) is 23.0 Å². The van der Waals surface area contributed by atoms with Crippen molar-refractivity contribution in [1.82, 2.24) is 29.7 Å². The van der Waals surface area contributed by atoms with Crippen LogP contribution >= 0.6 is 0 Å². The molecule has 8 aromatic rings. The van der Waals surface area contributed by atoms with Crippen LogP contribution in [-0.4, -0.2) is 148 Å². The Bertz CT molecular complexity index is 4150. The maximum atomic E-state index is 14.6. The van der Waals surface area contributed by atoms with Gasteiger partial charge < -0.3 is 56.6 Å². The number of hydrogen-bond acceptors (Lipinski definition) is 18. The molecule has 2 aliphatic carbocycles. The lowest BCUT2D eigenvalue weighted by Gasteiger charge is -2.36. The van der Waals surface area contributed by atoms with Gasteiger partial charge in [0.2, 0.25) is 0 Å². The Balaban J connectivity index is 0.793. The smallest absolute Gasteiger partial charge is 0.255 e. The third kappa shape index (κ3) is 13.3. The molecule has 92 heavy (non-hydrogen) atoms. The van der Waals surface area contributed by atoms with E-state index in [1.54, 1.807) is 35.0 Å². The van der Waals surface area contributed by atoms with E-state index in [0.717, 1.165) is 78.3 Å². The first-order valence-electron chi connectivity index (χ1n) is 31.8. The van der Waals surface area contributed by atoms with Gasteiger partial charge in [-0.25, -0.2) is 9.97 Å². The summed E-state index contributed by atoms with van der Waals surface area (Å²) in [6.45, 7) is 14.3. The second-order valence-corrected chi connectivity index (χ2v) is 30.7. The SMILES string of the molecule is COc1cc(C(=O)N(CCO)CCC2CC2c2cnc3cc(-c4ncc(C(=O)N(C)CCO[Si](C)(C)C(C)(C)C)cc4OC)oc3c2-c2ccc(OC3CCOCC3)c(C#N)c2)cnc1-c1cc2ncc(C3CC3)c(-c3ccc(OC4CCOCC4)c(C#N)c3)c2o1. The summed E-state index contributed by atoms with van der Waals surface area (Å²) in [5.41, 5.74) is 9.49. The third-order valence-corrected chi connectivity index (χ3v) is 23.3. The second kappa shape index (κ2) is 26.9. The van der Waals surface area contributed by atoms with Crippen molar-refractivity contribution >= 4 is 42.3 Å². The molecule has 478 valence electrons. The fourth-order valence-electron chi connectivity index (χ4n) is 12.2. The van der Waals surface area contributed by atoms with E-state index in [1.165, 1.54) is 26.6 Å². The number of carbonyl (C=O) groups is 2. The van der Waals surface area contributed by atoms with E-state index < -0.39 is 8.32 Å². The highest BCUT2D eigenvalue weighted by atomic mass is 28.4. The Kier molecular flexibility index (Phi) is 18.5. The van der Waals surface area contributed by atoms with Crippen LogP contribution in [0.3, 0.4) is 0 Å². The molecule has 4 fully saturated rings. The van der Waals surface area contributed by atoms with Crippen LogP contribution in [-0.2, 0) is 13.9 Å². The number of furan rings is 2. The maximum Gasteiger partial charge on any atom is 0.255 e. The Morgan fingerprint density at radius 1 is 0.652 bits per heavy atom. The normalized spacial score (nSPS) is 17.1. The van der Waals surface area contributed by atoms with Crippen LogP contribution in [0.2, 0.25) is 18.1 Å². The van der Waals surface area contributed by atoms with Gasteiger partial charge in [0.1, 0.15) is 69.8 Å². The third-order valence-electron chi connectivity index (χ3n) is 18.8. The molecular formula is C71H78N8O12Si. The molecule has 8 heterocycles. The minimum Gasteiger partial charge on any atom is -0.494 e. The van der Waals surface area contributed by atoms with Crippen molar-refractivity contribution in [2.45, 2.75) is 114 Å². The zero-order valence-corrected chi connectivity index (χ0v) is 54.5. The molecule has 21 heteroatoms. The highest BCUT2D eigenvalue weighted by Crippen LogP contribution is 2.54. The van der Waals surface area contributed by atoms with Gasteiger partial charge in [-0.3, -0.25) is 19.6 Å². The number of aliphatic hydroxyl groups is 1. The molecule has 0 bridgehead atoms. The molecule has 0 radical (unpaired) electrons. The summed E-state index contributed by atoms with van der Waals surface area (Å²) in [5.74, 6) is 2.31. The first kappa shape index (κ1) is 63.4. The van der Waals surface area contributed by atoms with Gasteiger partial charge in [0, 0.05) is 100 Å². The minimum atomic E-state index is -2.01. The maximum absolute atomic E-state index is 14.6. The van der Waals surface area contributed by atoms with Crippen LogP contribution in [0.1, 0.15) is 127 Å². The summed E-state index contributed by atoms with van der Waals surface area (Å²) < 4.78 is 55.4. The Morgan fingerprint density at radius 2 is 1.16 bits per heavy atom. The summed E-state index contributed by atoms with van der Waals surface area (Å²) in [6, 6.07) is 23.0. The van der Waals surface area contributed by atoms with E-state index in [0.29, 0.717) is 143 Å². The number of nitrogens with zero attached hydrogens (tertiary/aromatic N) is 8. The zero-order valence-electron chi connectivity index (χ0n) is 53.5. The lowest BCUT2D eigenvalue weighted by atomic mass is 9.95. The molecule has 0 spiro atoms. The lowest BCUT2D eigenvalue weighted by Crippen LogP contribution is -2.43. The van der Waals surface area contributed by atoms with Gasteiger partial charge in [-0.15, -0.1) is 0 Å². The van der Waals surface area contributed by atoms with E-state index in [9.17, 15) is 25.2 Å². The van der Waals surface area contributed by atoms with Gasteiger partial charge in [-0.2, -0.15) is 10.5 Å². The number of rotatable bonds is 23. The summed E-state index contributed by atoms with van der Waals surface area (Å²) in [7, 11) is 2.77. The molecule has 20 nitrogen and oxygen atoms in total. The van der Waals surface area contributed by atoms with Gasteiger partial charge in [0.25, 0.3) is 11.8 Å². The summed E-state index contributed by atoms with van der Waals surface area (Å²) in [4.78, 5) is 50.9. The van der Waals surface area contributed by atoms with Crippen LogP contribution in [0.15, 0.2) is 94.3 Å². The summed E-state index contributed by atoms with van der Waals surface area (Å²) in [6.07, 6.45) is 13.1. The predicted molar refractivity (Wildman–Crippen MR) is 347 cm³/mol. The number of aromatic nitrogens is 4. The van der Waals surface area contributed by atoms with Crippen molar-refractivity contribution < 1.29 is 56.4 Å². The van der Waals surface area contributed by atoms with Crippen molar-refractivity contribution in [3.63, 3.8) is 0 Å². The Morgan fingerprint density at radius 3 is 1.65 bits per heavy atom. The molecule has 12 rings (SSSR count). The quantitative estimate of drug-likeness (QED) is 0.0584. The Labute approximate surface area is 536 Å². The number of aliphatic hydroxyl groups excluding tert-OH is 1. The number of nitriles is 2. The van der Waals surface area contributed by atoms with Gasteiger partial charge in [0.15, 0.2) is 31.0 Å². The summed E-state index contributed by atoms with van der Waals surface area (Å²) >= 11 is 0. The van der Waals surface area contributed by atoms with Crippen molar-refractivity contribution in [2.75, 3.05) is 80.5 Å². The van der Waals surface area contributed by atoms with Crippen LogP contribution in [0, 0.1) is 28.6 Å². The molecule has 6 aromatic heterocycles. The number of ether oxygens (including phenoxy) is 6. The van der Waals surface area contributed by atoms with E-state index in [1.807, 2.05) is 54.9 Å². The zero-order chi connectivity index (χ0) is 64.4. The number of methoxy groups -OCH3 is 2. The molecule has 2 atom stereocenters. The topological polar surface area (TPSA) is 251 Å². The van der Waals surface area contributed by atoms with Crippen molar-refractivity contribution in [2.24, 2.45) is 5.92 Å².